The first kappa shape index (κ1) is 17.8. The summed E-state index contributed by atoms with van der Waals surface area (Å²) < 4.78 is 12.9. The molecule has 0 aliphatic carbocycles. The van der Waals surface area contributed by atoms with E-state index in [9.17, 15) is 4.39 Å². The number of nitrogens with one attached hydrogen (secondary N) is 2. The minimum atomic E-state index is -0.223. The van der Waals surface area contributed by atoms with Gasteiger partial charge in [0.05, 0.1) is 6.20 Å². The summed E-state index contributed by atoms with van der Waals surface area (Å²) in [5.41, 5.74) is 3.26. The Kier molecular flexibility index (Phi) is 5.73. The third kappa shape index (κ3) is 4.99. The molecule has 134 valence electrons. The zero-order chi connectivity index (χ0) is 18.4. The Bertz CT molecular complexity index is 832. The van der Waals surface area contributed by atoms with Crippen LogP contribution in [0, 0.1) is 5.82 Å². The van der Waals surface area contributed by atoms with Gasteiger partial charge in [-0.25, -0.2) is 4.39 Å². The van der Waals surface area contributed by atoms with Crippen LogP contribution in [-0.4, -0.2) is 21.7 Å². The van der Waals surface area contributed by atoms with Gasteiger partial charge in [0, 0.05) is 12.2 Å². The predicted octanol–water partition coefficient (Wildman–Crippen LogP) is 4.53. The predicted molar refractivity (Wildman–Crippen MR) is 102 cm³/mol. The Morgan fingerprint density at radius 2 is 1.73 bits per heavy atom. The lowest BCUT2D eigenvalue weighted by Crippen LogP contribution is -2.08. The van der Waals surface area contributed by atoms with Crippen LogP contribution >= 0.6 is 0 Å². The summed E-state index contributed by atoms with van der Waals surface area (Å²) in [4.78, 5) is 4.42. The number of nitrogens with zero attached hydrogens (tertiary/aromatic N) is 3. The van der Waals surface area contributed by atoms with Gasteiger partial charge >= 0.3 is 0 Å². The highest BCUT2D eigenvalue weighted by atomic mass is 19.1. The first-order valence-corrected chi connectivity index (χ1v) is 8.65. The molecule has 0 unspecified atom stereocenters. The number of hydrogen-bond acceptors (Lipinski definition) is 5. The van der Waals surface area contributed by atoms with Gasteiger partial charge < -0.3 is 10.6 Å². The first-order valence-electron chi connectivity index (χ1n) is 8.65. The van der Waals surface area contributed by atoms with Gasteiger partial charge in [0.2, 0.25) is 5.95 Å². The van der Waals surface area contributed by atoms with Crippen molar-refractivity contribution in [2.45, 2.75) is 26.2 Å². The van der Waals surface area contributed by atoms with Crippen LogP contribution in [0.1, 0.15) is 30.9 Å². The van der Waals surface area contributed by atoms with E-state index in [-0.39, 0.29) is 5.82 Å². The van der Waals surface area contributed by atoms with Crippen molar-refractivity contribution < 1.29 is 4.39 Å². The van der Waals surface area contributed by atoms with Crippen LogP contribution in [0.3, 0.4) is 0 Å². The number of anilines is 3. The largest absolute Gasteiger partial charge is 0.368 e. The molecule has 0 fully saturated rings. The zero-order valence-electron chi connectivity index (χ0n) is 14.9. The SMILES string of the molecule is CC(C)c1ccc(Nc2nncc(NCCc3ccc(F)cc3)n2)cc1. The Morgan fingerprint density at radius 1 is 1.00 bits per heavy atom. The minimum absolute atomic E-state index is 0.223. The molecule has 0 spiro atoms. The maximum Gasteiger partial charge on any atom is 0.249 e. The number of hydrogen-bond donors (Lipinski definition) is 2. The van der Waals surface area contributed by atoms with Crippen molar-refractivity contribution in [2.75, 3.05) is 17.2 Å². The van der Waals surface area contributed by atoms with Crippen molar-refractivity contribution >= 4 is 17.5 Å². The third-order valence-electron chi connectivity index (χ3n) is 4.03. The van der Waals surface area contributed by atoms with E-state index in [0.717, 1.165) is 17.7 Å². The Balaban J connectivity index is 1.56. The molecule has 1 heterocycles. The maximum absolute atomic E-state index is 12.9. The average Bonchev–Trinajstić information content (AvgIpc) is 2.64. The third-order valence-corrected chi connectivity index (χ3v) is 4.03. The lowest BCUT2D eigenvalue weighted by atomic mass is 10.0. The molecule has 0 atom stereocenters. The molecular weight excluding hydrogens is 329 g/mol. The second kappa shape index (κ2) is 8.38. The summed E-state index contributed by atoms with van der Waals surface area (Å²) in [7, 11) is 0. The van der Waals surface area contributed by atoms with Gasteiger partial charge in [-0.15, -0.1) is 5.10 Å². The molecule has 0 amide bonds. The van der Waals surface area contributed by atoms with E-state index in [2.05, 4.69) is 51.8 Å². The normalized spacial score (nSPS) is 10.8. The van der Waals surface area contributed by atoms with Crippen molar-refractivity contribution in [3.63, 3.8) is 0 Å². The van der Waals surface area contributed by atoms with Crippen LogP contribution in [0.5, 0.6) is 0 Å². The molecule has 2 aromatic carbocycles. The topological polar surface area (TPSA) is 62.7 Å². The van der Waals surface area contributed by atoms with E-state index < -0.39 is 0 Å². The molecule has 0 saturated carbocycles. The van der Waals surface area contributed by atoms with Crippen LogP contribution in [0.4, 0.5) is 21.8 Å². The fraction of sp³-hybridized carbons (Fsp3) is 0.250. The Morgan fingerprint density at radius 3 is 2.42 bits per heavy atom. The molecule has 0 aliphatic heterocycles. The molecule has 2 N–H and O–H groups in total. The monoisotopic (exact) mass is 351 g/mol. The van der Waals surface area contributed by atoms with Crippen molar-refractivity contribution in [1.82, 2.24) is 15.2 Å². The number of halogens is 1. The van der Waals surface area contributed by atoms with Crippen molar-refractivity contribution in [2.24, 2.45) is 0 Å². The fourth-order valence-electron chi connectivity index (χ4n) is 2.51. The summed E-state index contributed by atoms with van der Waals surface area (Å²) in [6, 6.07) is 14.7. The summed E-state index contributed by atoms with van der Waals surface area (Å²) in [6.45, 7) is 5.00. The lowest BCUT2D eigenvalue weighted by Gasteiger charge is -2.09. The quantitative estimate of drug-likeness (QED) is 0.655. The van der Waals surface area contributed by atoms with Crippen molar-refractivity contribution in [3.05, 3.63) is 71.7 Å². The van der Waals surface area contributed by atoms with Gasteiger partial charge in [-0.2, -0.15) is 10.1 Å². The Labute approximate surface area is 152 Å². The van der Waals surface area contributed by atoms with Gasteiger partial charge in [0.15, 0.2) is 5.82 Å². The van der Waals surface area contributed by atoms with Crippen LogP contribution in [0.2, 0.25) is 0 Å². The molecule has 0 radical (unpaired) electrons. The summed E-state index contributed by atoms with van der Waals surface area (Å²) in [5, 5.41) is 14.4. The highest BCUT2D eigenvalue weighted by Gasteiger charge is 2.03. The average molecular weight is 351 g/mol. The van der Waals surface area contributed by atoms with E-state index in [1.54, 1.807) is 18.3 Å². The number of aromatic nitrogens is 3. The minimum Gasteiger partial charge on any atom is -0.368 e. The van der Waals surface area contributed by atoms with Gasteiger partial charge in [0.25, 0.3) is 0 Å². The first-order chi connectivity index (χ1) is 12.6. The van der Waals surface area contributed by atoms with Gasteiger partial charge in [-0.3, -0.25) is 0 Å². The number of benzene rings is 2. The summed E-state index contributed by atoms with van der Waals surface area (Å²) in [5.74, 6) is 1.35. The standard InChI is InChI=1S/C20H22FN5/c1-14(2)16-5-9-18(10-6-16)24-20-25-19(13-23-26-20)22-12-11-15-3-7-17(21)8-4-15/h3-10,13-14H,11-12H2,1-2H3,(H2,22,24,25,26). The van der Waals surface area contributed by atoms with Gasteiger partial charge in [0.1, 0.15) is 5.82 Å². The molecule has 3 aromatic rings. The molecule has 5 nitrogen and oxygen atoms in total. The highest BCUT2D eigenvalue weighted by molar-refractivity contribution is 5.54. The van der Waals surface area contributed by atoms with Crippen LogP contribution in [-0.2, 0) is 6.42 Å². The second-order valence-corrected chi connectivity index (χ2v) is 6.37. The zero-order valence-corrected chi connectivity index (χ0v) is 14.9. The van der Waals surface area contributed by atoms with E-state index in [4.69, 9.17) is 0 Å². The van der Waals surface area contributed by atoms with Crippen molar-refractivity contribution in [3.8, 4) is 0 Å². The fourth-order valence-corrected chi connectivity index (χ4v) is 2.51. The smallest absolute Gasteiger partial charge is 0.249 e. The van der Waals surface area contributed by atoms with E-state index in [1.807, 2.05) is 12.1 Å². The van der Waals surface area contributed by atoms with Crippen LogP contribution in [0.25, 0.3) is 0 Å². The van der Waals surface area contributed by atoms with Gasteiger partial charge in [-0.05, 0) is 47.7 Å². The second-order valence-electron chi connectivity index (χ2n) is 6.37. The van der Waals surface area contributed by atoms with Gasteiger partial charge in [-0.1, -0.05) is 38.1 Å². The van der Waals surface area contributed by atoms with Crippen molar-refractivity contribution in [1.29, 1.82) is 0 Å². The molecule has 6 heteroatoms. The number of rotatable bonds is 7. The van der Waals surface area contributed by atoms with Crippen LogP contribution < -0.4 is 10.6 Å². The van der Waals surface area contributed by atoms with E-state index >= 15 is 0 Å². The Hall–Kier alpha value is -3.02. The van der Waals surface area contributed by atoms with Crippen LogP contribution in [0.15, 0.2) is 54.7 Å². The van der Waals surface area contributed by atoms with E-state index in [1.165, 1.54) is 17.7 Å². The molecule has 1 aromatic heterocycles. The molecule has 0 bridgehead atoms. The molecule has 26 heavy (non-hydrogen) atoms. The molecular formula is C20H22FN5. The lowest BCUT2D eigenvalue weighted by molar-refractivity contribution is 0.627. The summed E-state index contributed by atoms with van der Waals surface area (Å²) >= 11 is 0. The highest BCUT2D eigenvalue weighted by Crippen LogP contribution is 2.19. The molecule has 0 aliphatic rings. The molecule has 0 saturated heterocycles. The van der Waals surface area contributed by atoms with E-state index in [0.29, 0.717) is 24.2 Å². The maximum atomic E-state index is 12.9. The summed E-state index contributed by atoms with van der Waals surface area (Å²) in [6.07, 6.45) is 2.35. The molecule has 3 rings (SSSR count).